The third-order valence-electron chi connectivity index (χ3n) is 4.09. The first-order valence-corrected chi connectivity index (χ1v) is 10.6. The Morgan fingerprint density at radius 1 is 1.04 bits per heavy atom. The minimum Gasteiger partial charge on any atom is -0.493 e. The Morgan fingerprint density at radius 3 is 2.18 bits per heavy atom. The Morgan fingerprint density at radius 2 is 1.64 bits per heavy atom. The lowest BCUT2D eigenvalue weighted by Gasteiger charge is -2.16. The number of sulfone groups is 1. The van der Waals surface area contributed by atoms with Crippen LogP contribution in [0, 0.1) is 0 Å². The molecule has 2 aromatic carbocycles. The van der Waals surface area contributed by atoms with Gasteiger partial charge >= 0.3 is 0 Å². The number of hydrogen-bond acceptors (Lipinski definition) is 6. The lowest BCUT2D eigenvalue weighted by Crippen LogP contribution is -2.29. The van der Waals surface area contributed by atoms with Gasteiger partial charge in [0.25, 0.3) is 5.91 Å². The second kappa shape index (κ2) is 9.98. The highest BCUT2D eigenvalue weighted by molar-refractivity contribution is 7.91. The summed E-state index contributed by atoms with van der Waals surface area (Å²) < 4.78 is 39.7. The van der Waals surface area contributed by atoms with Crippen molar-refractivity contribution in [3.05, 3.63) is 53.6 Å². The number of carbonyl (C=O) groups excluding carboxylic acids is 1. The highest BCUT2D eigenvalue weighted by atomic mass is 32.2. The molecule has 0 aliphatic carbocycles. The van der Waals surface area contributed by atoms with Gasteiger partial charge in [0.2, 0.25) is 5.75 Å². The molecule has 0 heterocycles. The first kappa shape index (κ1) is 21.6. The number of hydrogen-bond donors (Lipinski definition) is 1. The van der Waals surface area contributed by atoms with E-state index in [1.807, 2.05) is 30.3 Å². The number of rotatable bonds is 10. The molecule has 0 radical (unpaired) electrons. The van der Waals surface area contributed by atoms with E-state index in [1.165, 1.54) is 26.4 Å². The zero-order valence-electron chi connectivity index (χ0n) is 16.2. The summed E-state index contributed by atoms with van der Waals surface area (Å²) in [4.78, 5) is 12.4. The number of amides is 1. The molecule has 0 atom stereocenters. The van der Waals surface area contributed by atoms with Crippen molar-refractivity contribution in [1.82, 2.24) is 5.32 Å². The standard InChI is InChI=1S/C20H25NO6S/c1-4-28(23,24)11-10-21-20(22)16-12-17(25-2)19(18(13-16)26-3)27-14-15-8-6-5-7-9-15/h5-9,12-13H,4,10-11,14H2,1-3H3,(H,21,22). The number of ether oxygens (including phenoxy) is 3. The molecule has 0 saturated heterocycles. The van der Waals surface area contributed by atoms with Crippen molar-refractivity contribution in [3.63, 3.8) is 0 Å². The molecule has 1 N–H and O–H groups in total. The van der Waals surface area contributed by atoms with Gasteiger partial charge in [0.15, 0.2) is 21.3 Å². The topological polar surface area (TPSA) is 90.9 Å². The number of carbonyl (C=O) groups is 1. The largest absolute Gasteiger partial charge is 0.493 e. The van der Waals surface area contributed by atoms with Gasteiger partial charge in [0.05, 0.1) is 20.0 Å². The molecule has 28 heavy (non-hydrogen) atoms. The van der Waals surface area contributed by atoms with Gasteiger partial charge in [-0.3, -0.25) is 4.79 Å². The molecule has 0 bridgehead atoms. The molecule has 0 spiro atoms. The molecule has 0 aliphatic rings. The van der Waals surface area contributed by atoms with Crippen molar-refractivity contribution in [3.8, 4) is 17.2 Å². The van der Waals surface area contributed by atoms with Gasteiger partial charge in [-0.25, -0.2) is 8.42 Å². The zero-order valence-corrected chi connectivity index (χ0v) is 17.0. The van der Waals surface area contributed by atoms with Crippen molar-refractivity contribution in [1.29, 1.82) is 0 Å². The first-order chi connectivity index (χ1) is 13.4. The Bertz CT molecular complexity index is 871. The predicted octanol–water partition coefficient (Wildman–Crippen LogP) is 2.45. The summed E-state index contributed by atoms with van der Waals surface area (Å²) in [5, 5.41) is 2.60. The molecule has 8 heteroatoms. The maximum atomic E-state index is 12.4. The average Bonchev–Trinajstić information content (AvgIpc) is 2.72. The van der Waals surface area contributed by atoms with E-state index < -0.39 is 15.7 Å². The van der Waals surface area contributed by atoms with E-state index in [0.29, 0.717) is 23.9 Å². The van der Waals surface area contributed by atoms with Gasteiger partial charge in [0, 0.05) is 17.9 Å². The predicted molar refractivity (Wildman–Crippen MR) is 107 cm³/mol. The molecule has 0 aromatic heterocycles. The zero-order chi connectivity index (χ0) is 20.6. The minimum absolute atomic E-state index is 0.0336. The Labute approximate surface area is 165 Å². The summed E-state index contributed by atoms with van der Waals surface area (Å²) in [5.74, 6) is 0.597. The van der Waals surface area contributed by atoms with Crippen LogP contribution in [0.15, 0.2) is 42.5 Å². The van der Waals surface area contributed by atoms with Gasteiger partial charge in [-0.15, -0.1) is 0 Å². The lowest BCUT2D eigenvalue weighted by atomic mass is 10.1. The van der Waals surface area contributed by atoms with E-state index in [4.69, 9.17) is 14.2 Å². The van der Waals surface area contributed by atoms with Crippen molar-refractivity contribution in [2.45, 2.75) is 13.5 Å². The lowest BCUT2D eigenvalue weighted by molar-refractivity contribution is 0.0955. The fraction of sp³-hybridized carbons (Fsp3) is 0.350. The van der Waals surface area contributed by atoms with Crippen LogP contribution in [0.2, 0.25) is 0 Å². The molecule has 0 unspecified atom stereocenters. The van der Waals surface area contributed by atoms with Gasteiger partial charge in [-0.2, -0.15) is 0 Å². The Balaban J connectivity index is 2.15. The third-order valence-corrected chi connectivity index (χ3v) is 5.79. The van der Waals surface area contributed by atoms with Crippen LogP contribution in [0.1, 0.15) is 22.8 Å². The molecule has 1 amide bonds. The molecule has 0 aliphatic heterocycles. The van der Waals surface area contributed by atoms with Crippen LogP contribution < -0.4 is 19.5 Å². The summed E-state index contributed by atoms with van der Waals surface area (Å²) >= 11 is 0. The quantitative estimate of drug-likeness (QED) is 0.651. The third kappa shape index (κ3) is 5.88. The van der Waals surface area contributed by atoms with Crippen LogP contribution >= 0.6 is 0 Å². The first-order valence-electron chi connectivity index (χ1n) is 8.81. The summed E-state index contributed by atoms with van der Waals surface area (Å²) in [5.41, 5.74) is 1.26. The van der Waals surface area contributed by atoms with Crippen molar-refractivity contribution in [2.75, 3.05) is 32.3 Å². The Hall–Kier alpha value is -2.74. The van der Waals surface area contributed by atoms with Gasteiger partial charge in [0.1, 0.15) is 6.61 Å². The smallest absolute Gasteiger partial charge is 0.251 e. The fourth-order valence-corrected chi connectivity index (χ4v) is 3.15. The van der Waals surface area contributed by atoms with Gasteiger partial charge in [-0.05, 0) is 17.7 Å². The van der Waals surface area contributed by atoms with Crippen LogP contribution in [-0.4, -0.2) is 46.6 Å². The van der Waals surface area contributed by atoms with Crippen molar-refractivity contribution >= 4 is 15.7 Å². The molecule has 152 valence electrons. The summed E-state index contributed by atoms with van der Waals surface area (Å²) in [6, 6.07) is 12.7. The van der Waals surface area contributed by atoms with Crippen LogP contribution in [-0.2, 0) is 16.4 Å². The second-order valence-electron chi connectivity index (χ2n) is 5.98. The molecule has 0 fully saturated rings. The van der Waals surface area contributed by atoms with Gasteiger partial charge in [-0.1, -0.05) is 37.3 Å². The molecule has 2 rings (SSSR count). The SMILES string of the molecule is CCS(=O)(=O)CCNC(=O)c1cc(OC)c(OCc2ccccc2)c(OC)c1. The van der Waals surface area contributed by atoms with E-state index in [2.05, 4.69) is 5.32 Å². The van der Waals surface area contributed by atoms with Crippen LogP contribution in [0.25, 0.3) is 0 Å². The Kier molecular flexibility index (Phi) is 7.69. The molecule has 0 saturated carbocycles. The number of nitrogens with one attached hydrogen (secondary N) is 1. The van der Waals surface area contributed by atoms with E-state index in [0.717, 1.165) is 5.56 Å². The van der Waals surface area contributed by atoms with Gasteiger partial charge < -0.3 is 19.5 Å². The van der Waals surface area contributed by atoms with E-state index in [9.17, 15) is 13.2 Å². The molecule has 7 nitrogen and oxygen atoms in total. The van der Waals surface area contributed by atoms with Crippen LogP contribution in [0.5, 0.6) is 17.2 Å². The van der Waals surface area contributed by atoms with E-state index in [-0.39, 0.29) is 23.6 Å². The minimum atomic E-state index is -3.15. The maximum absolute atomic E-state index is 12.4. The fourth-order valence-electron chi connectivity index (χ4n) is 2.45. The highest BCUT2D eigenvalue weighted by Gasteiger charge is 2.18. The monoisotopic (exact) mass is 407 g/mol. The van der Waals surface area contributed by atoms with Crippen LogP contribution in [0.4, 0.5) is 0 Å². The second-order valence-corrected chi connectivity index (χ2v) is 8.45. The molecule has 2 aromatic rings. The number of methoxy groups -OCH3 is 2. The summed E-state index contributed by atoms with van der Waals surface area (Å²) in [6.07, 6.45) is 0. The highest BCUT2D eigenvalue weighted by Crippen LogP contribution is 2.39. The summed E-state index contributed by atoms with van der Waals surface area (Å²) in [6.45, 7) is 1.92. The average molecular weight is 407 g/mol. The molecular weight excluding hydrogens is 382 g/mol. The summed E-state index contributed by atoms with van der Waals surface area (Å²) in [7, 11) is -0.204. The maximum Gasteiger partial charge on any atom is 0.251 e. The van der Waals surface area contributed by atoms with Crippen molar-refractivity contribution in [2.24, 2.45) is 0 Å². The van der Waals surface area contributed by atoms with E-state index >= 15 is 0 Å². The van der Waals surface area contributed by atoms with Crippen molar-refractivity contribution < 1.29 is 27.4 Å². The number of benzene rings is 2. The van der Waals surface area contributed by atoms with Crippen LogP contribution in [0.3, 0.4) is 0 Å². The normalized spacial score (nSPS) is 11.0. The molecular formula is C20H25NO6S. The van der Waals surface area contributed by atoms with E-state index in [1.54, 1.807) is 6.92 Å².